The molecule has 0 unspecified atom stereocenters. The normalized spacial score (nSPS) is 10.8. The molecule has 0 saturated carbocycles. The van der Waals surface area contributed by atoms with Crippen molar-refractivity contribution in [2.45, 2.75) is 0 Å². The minimum atomic E-state index is -0.208. The van der Waals surface area contributed by atoms with E-state index in [4.69, 9.17) is 16.0 Å². The fourth-order valence-electron chi connectivity index (χ4n) is 2.46. The van der Waals surface area contributed by atoms with Gasteiger partial charge in [-0.1, -0.05) is 17.7 Å². The number of amides is 1. The minimum Gasteiger partial charge on any atom is -0.436 e. The summed E-state index contributed by atoms with van der Waals surface area (Å²) in [5.41, 5.74) is 3.26. The van der Waals surface area contributed by atoms with Gasteiger partial charge in [-0.3, -0.25) is 9.78 Å². The number of aromatic nitrogens is 2. The quantitative estimate of drug-likeness (QED) is 0.577. The molecule has 1 N–H and O–H groups in total. The van der Waals surface area contributed by atoms with Crippen LogP contribution < -0.4 is 5.32 Å². The third-order valence-corrected chi connectivity index (χ3v) is 3.89. The number of rotatable bonds is 3. The summed E-state index contributed by atoms with van der Waals surface area (Å²) in [6, 6.07) is 15.9. The second kappa shape index (κ2) is 6.37. The first-order valence-corrected chi connectivity index (χ1v) is 7.95. The summed E-state index contributed by atoms with van der Waals surface area (Å²) < 4.78 is 5.76. The highest BCUT2D eigenvalue weighted by molar-refractivity contribution is 6.30. The van der Waals surface area contributed by atoms with Gasteiger partial charge in [-0.15, -0.1) is 0 Å². The number of oxazole rings is 1. The molecule has 4 rings (SSSR count). The maximum Gasteiger partial charge on any atom is 0.255 e. The van der Waals surface area contributed by atoms with E-state index in [2.05, 4.69) is 15.3 Å². The van der Waals surface area contributed by atoms with Crippen LogP contribution in [0.5, 0.6) is 0 Å². The predicted molar refractivity (Wildman–Crippen MR) is 96.6 cm³/mol. The summed E-state index contributed by atoms with van der Waals surface area (Å²) in [5, 5.41) is 3.45. The van der Waals surface area contributed by atoms with Crippen LogP contribution >= 0.6 is 11.6 Å². The molecular weight excluding hydrogens is 338 g/mol. The molecule has 2 aromatic carbocycles. The van der Waals surface area contributed by atoms with Crippen LogP contribution in [0.3, 0.4) is 0 Å². The third-order valence-electron chi connectivity index (χ3n) is 3.66. The van der Waals surface area contributed by atoms with Crippen molar-refractivity contribution in [2.24, 2.45) is 0 Å². The number of anilines is 1. The molecule has 0 atom stereocenters. The van der Waals surface area contributed by atoms with Gasteiger partial charge in [0.1, 0.15) is 5.52 Å². The highest BCUT2D eigenvalue weighted by Crippen LogP contribution is 2.27. The van der Waals surface area contributed by atoms with Crippen molar-refractivity contribution in [3.63, 3.8) is 0 Å². The number of benzene rings is 2. The van der Waals surface area contributed by atoms with Crippen LogP contribution in [-0.2, 0) is 0 Å². The van der Waals surface area contributed by atoms with Crippen LogP contribution in [-0.4, -0.2) is 15.9 Å². The van der Waals surface area contributed by atoms with Crippen LogP contribution in [0.15, 0.2) is 71.4 Å². The molecule has 1 amide bonds. The number of carbonyl (C=O) groups excluding carboxylic acids is 1. The zero-order valence-electron chi connectivity index (χ0n) is 12.9. The molecule has 0 bridgehead atoms. The molecule has 0 spiro atoms. The molecule has 0 fully saturated rings. The average molecular weight is 350 g/mol. The molecule has 122 valence electrons. The Morgan fingerprint density at radius 3 is 2.68 bits per heavy atom. The molecule has 0 radical (unpaired) electrons. The number of nitrogens with one attached hydrogen (secondary N) is 1. The van der Waals surface area contributed by atoms with Gasteiger partial charge in [0.15, 0.2) is 5.58 Å². The van der Waals surface area contributed by atoms with Gasteiger partial charge in [-0.25, -0.2) is 4.98 Å². The molecular formula is C19H12ClN3O2. The van der Waals surface area contributed by atoms with Gasteiger partial charge in [0.2, 0.25) is 5.89 Å². The second-order valence-electron chi connectivity index (χ2n) is 5.40. The number of pyridine rings is 1. The Balaban J connectivity index is 1.63. The predicted octanol–water partition coefficient (Wildman–Crippen LogP) is 4.80. The van der Waals surface area contributed by atoms with Crippen LogP contribution in [0, 0.1) is 0 Å². The Bertz CT molecular complexity index is 1060. The van der Waals surface area contributed by atoms with Crippen molar-refractivity contribution in [1.82, 2.24) is 9.97 Å². The maximum atomic E-state index is 12.2. The summed E-state index contributed by atoms with van der Waals surface area (Å²) >= 11 is 6.01. The van der Waals surface area contributed by atoms with Gasteiger partial charge in [0.05, 0.1) is 0 Å². The lowest BCUT2D eigenvalue weighted by Crippen LogP contribution is -2.11. The standard InChI is InChI=1S/C19H12ClN3O2/c20-14-3-1-2-13(10-14)19-23-16-11-15(4-5-17(16)25-19)22-18(24)12-6-8-21-9-7-12/h1-11H,(H,22,24). The van der Waals surface area contributed by atoms with Crippen LogP contribution in [0.25, 0.3) is 22.6 Å². The summed E-state index contributed by atoms with van der Waals surface area (Å²) in [6.45, 7) is 0. The Labute approximate surface area is 148 Å². The zero-order valence-corrected chi connectivity index (χ0v) is 13.7. The molecule has 2 aromatic heterocycles. The number of fused-ring (bicyclic) bond motifs is 1. The van der Waals surface area contributed by atoms with E-state index in [1.165, 1.54) is 0 Å². The first-order chi connectivity index (χ1) is 12.2. The first kappa shape index (κ1) is 15.4. The van der Waals surface area contributed by atoms with E-state index in [1.807, 2.05) is 12.1 Å². The third kappa shape index (κ3) is 3.22. The van der Waals surface area contributed by atoms with Gasteiger partial charge in [0.25, 0.3) is 5.91 Å². The summed E-state index contributed by atoms with van der Waals surface area (Å²) in [5.74, 6) is 0.274. The van der Waals surface area contributed by atoms with Crippen LogP contribution in [0.2, 0.25) is 5.02 Å². The van der Waals surface area contributed by atoms with E-state index < -0.39 is 0 Å². The van der Waals surface area contributed by atoms with E-state index in [1.54, 1.807) is 54.9 Å². The topological polar surface area (TPSA) is 68.0 Å². The first-order valence-electron chi connectivity index (χ1n) is 7.57. The number of carbonyl (C=O) groups is 1. The maximum absolute atomic E-state index is 12.2. The van der Waals surface area contributed by atoms with Crippen molar-refractivity contribution >= 4 is 34.3 Å². The zero-order chi connectivity index (χ0) is 17.2. The van der Waals surface area contributed by atoms with Gasteiger partial charge in [0, 0.05) is 34.2 Å². The minimum absolute atomic E-state index is 0.208. The molecule has 4 aromatic rings. The fourth-order valence-corrected chi connectivity index (χ4v) is 2.65. The Morgan fingerprint density at radius 1 is 1.04 bits per heavy atom. The lowest BCUT2D eigenvalue weighted by atomic mass is 10.2. The smallest absolute Gasteiger partial charge is 0.255 e. The average Bonchev–Trinajstić information content (AvgIpc) is 3.06. The SMILES string of the molecule is O=C(Nc1ccc2oc(-c3cccc(Cl)c3)nc2c1)c1ccncc1. The fraction of sp³-hybridized carbons (Fsp3) is 0. The molecule has 0 aliphatic carbocycles. The van der Waals surface area contributed by atoms with E-state index in [0.717, 1.165) is 5.56 Å². The number of hydrogen-bond donors (Lipinski definition) is 1. The van der Waals surface area contributed by atoms with Crippen molar-refractivity contribution < 1.29 is 9.21 Å². The van der Waals surface area contributed by atoms with Crippen LogP contribution in [0.4, 0.5) is 5.69 Å². The molecule has 0 aliphatic rings. The Hall–Kier alpha value is -3.18. The van der Waals surface area contributed by atoms with E-state index in [-0.39, 0.29) is 5.91 Å². The van der Waals surface area contributed by atoms with Gasteiger partial charge >= 0.3 is 0 Å². The Kier molecular flexibility index (Phi) is 3.91. The molecule has 25 heavy (non-hydrogen) atoms. The summed E-state index contributed by atoms with van der Waals surface area (Å²) in [7, 11) is 0. The lowest BCUT2D eigenvalue weighted by molar-refractivity contribution is 0.102. The molecule has 2 heterocycles. The highest BCUT2D eigenvalue weighted by Gasteiger charge is 2.11. The van der Waals surface area contributed by atoms with Gasteiger partial charge < -0.3 is 9.73 Å². The van der Waals surface area contributed by atoms with E-state index in [9.17, 15) is 4.79 Å². The van der Waals surface area contributed by atoms with E-state index >= 15 is 0 Å². The molecule has 0 saturated heterocycles. The number of nitrogens with zero attached hydrogens (tertiary/aromatic N) is 2. The number of halogens is 1. The monoisotopic (exact) mass is 349 g/mol. The van der Waals surface area contributed by atoms with Gasteiger partial charge in [-0.05, 0) is 48.5 Å². The summed E-state index contributed by atoms with van der Waals surface area (Å²) in [4.78, 5) is 20.6. The Morgan fingerprint density at radius 2 is 1.88 bits per heavy atom. The van der Waals surface area contributed by atoms with E-state index in [0.29, 0.717) is 33.3 Å². The van der Waals surface area contributed by atoms with Crippen molar-refractivity contribution in [2.75, 3.05) is 5.32 Å². The van der Waals surface area contributed by atoms with Crippen molar-refractivity contribution in [1.29, 1.82) is 0 Å². The second-order valence-corrected chi connectivity index (χ2v) is 5.84. The highest BCUT2D eigenvalue weighted by atomic mass is 35.5. The lowest BCUT2D eigenvalue weighted by Gasteiger charge is -2.04. The molecule has 0 aliphatic heterocycles. The molecule has 5 nitrogen and oxygen atoms in total. The summed E-state index contributed by atoms with van der Waals surface area (Å²) in [6.07, 6.45) is 3.15. The van der Waals surface area contributed by atoms with Crippen molar-refractivity contribution in [3.05, 3.63) is 77.6 Å². The van der Waals surface area contributed by atoms with Crippen LogP contribution in [0.1, 0.15) is 10.4 Å². The molecule has 6 heteroatoms. The van der Waals surface area contributed by atoms with Gasteiger partial charge in [-0.2, -0.15) is 0 Å². The van der Waals surface area contributed by atoms with Crippen molar-refractivity contribution in [3.8, 4) is 11.5 Å². The number of hydrogen-bond acceptors (Lipinski definition) is 4. The largest absolute Gasteiger partial charge is 0.436 e.